The largest absolute Gasteiger partial charge is 0.207 e. The highest BCUT2D eigenvalue weighted by Gasteiger charge is 2.07. The van der Waals surface area contributed by atoms with Gasteiger partial charge in [-0.3, -0.25) is 0 Å². The van der Waals surface area contributed by atoms with Crippen LogP contribution in [0, 0.1) is 17.7 Å². The van der Waals surface area contributed by atoms with Gasteiger partial charge in [0.2, 0.25) is 0 Å². The molecule has 1 heteroatoms. The molecule has 1 aromatic carbocycles. The third kappa shape index (κ3) is 3.17. The van der Waals surface area contributed by atoms with Gasteiger partial charge >= 0.3 is 0 Å². The molecule has 13 heavy (non-hydrogen) atoms. The monoisotopic (exact) mass is 180 g/mol. The highest BCUT2D eigenvalue weighted by atomic mass is 19.1. The lowest BCUT2D eigenvalue weighted by molar-refractivity contribution is 0.417. The maximum atomic E-state index is 12.6. The molecular weight excluding hydrogens is 163 g/mol. The summed E-state index contributed by atoms with van der Waals surface area (Å²) in [5, 5.41) is 0. The van der Waals surface area contributed by atoms with Crippen LogP contribution in [0.3, 0.4) is 0 Å². The van der Waals surface area contributed by atoms with E-state index >= 15 is 0 Å². The first-order valence-electron chi connectivity index (χ1n) is 4.84. The van der Waals surface area contributed by atoms with Crippen LogP contribution in [0.15, 0.2) is 24.3 Å². The molecule has 0 heterocycles. The van der Waals surface area contributed by atoms with Gasteiger partial charge in [0.15, 0.2) is 0 Å². The van der Waals surface area contributed by atoms with Crippen molar-refractivity contribution >= 4 is 0 Å². The van der Waals surface area contributed by atoms with Gasteiger partial charge in [0, 0.05) is 0 Å². The Bertz CT molecular complexity index is 248. The molecule has 1 unspecified atom stereocenters. The molecule has 0 nitrogen and oxygen atoms in total. The Kier molecular flexibility index (Phi) is 3.47. The van der Waals surface area contributed by atoms with Crippen LogP contribution in [0.1, 0.15) is 26.3 Å². The average Bonchev–Trinajstić information content (AvgIpc) is 2.08. The standard InChI is InChI=1S/C12H17F/c1-9(2)10(3)8-11-4-6-12(13)7-5-11/h4-7,9-10H,8H2,1-3H3. The maximum Gasteiger partial charge on any atom is 0.123 e. The second kappa shape index (κ2) is 4.40. The molecule has 0 spiro atoms. The first kappa shape index (κ1) is 10.2. The van der Waals surface area contributed by atoms with Crippen molar-refractivity contribution in [1.82, 2.24) is 0 Å². The van der Waals surface area contributed by atoms with Crippen LogP contribution in [0.2, 0.25) is 0 Å². The highest BCUT2D eigenvalue weighted by molar-refractivity contribution is 5.16. The molecule has 1 aromatic rings. The van der Waals surface area contributed by atoms with E-state index in [1.54, 1.807) is 0 Å². The first-order valence-corrected chi connectivity index (χ1v) is 4.84. The summed E-state index contributed by atoms with van der Waals surface area (Å²) in [6, 6.07) is 6.80. The molecule has 0 saturated heterocycles. The van der Waals surface area contributed by atoms with Crippen LogP contribution in [0.4, 0.5) is 4.39 Å². The Balaban J connectivity index is 2.59. The average molecular weight is 180 g/mol. The molecule has 0 aromatic heterocycles. The summed E-state index contributed by atoms with van der Waals surface area (Å²) in [6.45, 7) is 6.66. The van der Waals surface area contributed by atoms with Gasteiger partial charge in [0.25, 0.3) is 0 Å². The minimum Gasteiger partial charge on any atom is -0.207 e. The fraction of sp³-hybridized carbons (Fsp3) is 0.500. The van der Waals surface area contributed by atoms with Crippen LogP contribution in [-0.4, -0.2) is 0 Å². The van der Waals surface area contributed by atoms with Gasteiger partial charge in [0.05, 0.1) is 0 Å². The summed E-state index contributed by atoms with van der Waals surface area (Å²) >= 11 is 0. The lowest BCUT2D eigenvalue weighted by atomic mass is 9.91. The zero-order valence-corrected chi connectivity index (χ0v) is 8.55. The van der Waals surface area contributed by atoms with Gasteiger partial charge < -0.3 is 0 Å². The van der Waals surface area contributed by atoms with E-state index in [0.29, 0.717) is 11.8 Å². The van der Waals surface area contributed by atoms with E-state index in [1.165, 1.54) is 17.7 Å². The molecule has 0 aliphatic carbocycles. The minimum absolute atomic E-state index is 0.152. The fourth-order valence-corrected chi connectivity index (χ4v) is 1.23. The maximum absolute atomic E-state index is 12.6. The summed E-state index contributed by atoms with van der Waals surface area (Å²) in [7, 11) is 0. The van der Waals surface area contributed by atoms with Gasteiger partial charge in [-0.25, -0.2) is 4.39 Å². The van der Waals surface area contributed by atoms with Gasteiger partial charge in [-0.05, 0) is 36.0 Å². The van der Waals surface area contributed by atoms with Crippen LogP contribution >= 0.6 is 0 Å². The molecule has 0 bridgehead atoms. The van der Waals surface area contributed by atoms with Crippen LogP contribution in [-0.2, 0) is 6.42 Å². The molecule has 0 amide bonds. The molecule has 0 aliphatic heterocycles. The molecule has 0 aliphatic rings. The van der Waals surface area contributed by atoms with Gasteiger partial charge in [-0.1, -0.05) is 32.9 Å². The third-order valence-electron chi connectivity index (χ3n) is 2.61. The zero-order chi connectivity index (χ0) is 9.84. The van der Waals surface area contributed by atoms with Gasteiger partial charge in [-0.15, -0.1) is 0 Å². The Morgan fingerprint density at radius 2 is 1.62 bits per heavy atom. The molecule has 0 saturated carbocycles. The van der Waals surface area contributed by atoms with Gasteiger partial charge in [-0.2, -0.15) is 0 Å². The SMILES string of the molecule is CC(C)C(C)Cc1ccc(F)cc1. The quantitative estimate of drug-likeness (QED) is 0.666. The van der Waals surface area contributed by atoms with Crippen molar-refractivity contribution in [1.29, 1.82) is 0 Å². The van der Waals surface area contributed by atoms with E-state index in [0.717, 1.165) is 6.42 Å². The Morgan fingerprint density at radius 1 is 1.08 bits per heavy atom. The van der Waals surface area contributed by atoms with Crippen molar-refractivity contribution in [3.63, 3.8) is 0 Å². The number of halogens is 1. The van der Waals surface area contributed by atoms with E-state index in [4.69, 9.17) is 0 Å². The normalized spacial score (nSPS) is 13.3. The lowest BCUT2D eigenvalue weighted by Gasteiger charge is -2.14. The van der Waals surface area contributed by atoms with Crippen molar-refractivity contribution in [2.24, 2.45) is 11.8 Å². The number of hydrogen-bond donors (Lipinski definition) is 0. The predicted octanol–water partition coefficient (Wildman–Crippen LogP) is 3.66. The topological polar surface area (TPSA) is 0 Å². The smallest absolute Gasteiger partial charge is 0.123 e. The van der Waals surface area contributed by atoms with Crippen molar-refractivity contribution in [3.05, 3.63) is 35.6 Å². The molecule has 0 radical (unpaired) electrons. The van der Waals surface area contributed by atoms with Crippen molar-refractivity contribution in [2.75, 3.05) is 0 Å². The Hall–Kier alpha value is -0.850. The fourth-order valence-electron chi connectivity index (χ4n) is 1.23. The van der Waals surface area contributed by atoms with Gasteiger partial charge in [0.1, 0.15) is 5.82 Å². The van der Waals surface area contributed by atoms with Crippen molar-refractivity contribution < 1.29 is 4.39 Å². The molecule has 72 valence electrons. The van der Waals surface area contributed by atoms with E-state index in [-0.39, 0.29) is 5.82 Å². The Morgan fingerprint density at radius 3 is 2.08 bits per heavy atom. The third-order valence-corrected chi connectivity index (χ3v) is 2.61. The van der Waals surface area contributed by atoms with Crippen molar-refractivity contribution in [3.8, 4) is 0 Å². The van der Waals surface area contributed by atoms with E-state index in [1.807, 2.05) is 12.1 Å². The molecule has 0 fully saturated rings. The molecule has 0 N–H and O–H groups in total. The first-order chi connectivity index (χ1) is 6.09. The van der Waals surface area contributed by atoms with E-state index in [2.05, 4.69) is 20.8 Å². The summed E-state index contributed by atoms with van der Waals surface area (Å²) in [5.74, 6) is 1.19. The summed E-state index contributed by atoms with van der Waals surface area (Å²) in [4.78, 5) is 0. The second-order valence-electron chi connectivity index (χ2n) is 4.05. The summed E-state index contributed by atoms with van der Waals surface area (Å²) < 4.78 is 12.6. The van der Waals surface area contributed by atoms with Crippen LogP contribution in [0.5, 0.6) is 0 Å². The summed E-state index contributed by atoms with van der Waals surface area (Å²) in [6.07, 6.45) is 1.04. The summed E-state index contributed by atoms with van der Waals surface area (Å²) in [5.41, 5.74) is 1.22. The van der Waals surface area contributed by atoms with E-state index < -0.39 is 0 Å². The van der Waals surface area contributed by atoms with Crippen LogP contribution in [0.25, 0.3) is 0 Å². The molecule has 1 atom stereocenters. The lowest BCUT2D eigenvalue weighted by Crippen LogP contribution is -2.07. The van der Waals surface area contributed by atoms with Crippen molar-refractivity contribution in [2.45, 2.75) is 27.2 Å². The zero-order valence-electron chi connectivity index (χ0n) is 8.55. The highest BCUT2D eigenvalue weighted by Crippen LogP contribution is 2.16. The van der Waals surface area contributed by atoms with E-state index in [9.17, 15) is 4.39 Å². The molecular formula is C12H17F. The molecule has 1 rings (SSSR count). The Labute approximate surface area is 79.8 Å². The number of rotatable bonds is 3. The van der Waals surface area contributed by atoms with Crippen LogP contribution < -0.4 is 0 Å². The number of hydrogen-bond acceptors (Lipinski definition) is 0. The predicted molar refractivity (Wildman–Crippen MR) is 54.1 cm³/mol. The number of benzene rings is 1. The minimum atomic E-state index is -0.152. The second-order valence-corrected chi connectivity index (χ2v) is 4.05.